The largest absolute Gasteiger partial charge is 0.496 e. The Hall–Kier alpha value is -0.873. The van der Waals surface area contributed by atoms with Crippen molar-refractivity contribution in [3.8, 4) is 5.75 Å². The van der Waals surface area contributed by atoms with Gasteiger partial charge in [-0.25, -0.2) is 4.39 Å². The lowest BCUT2D eigenvalue weighted by atomic mass is 10.2. The average Bonchev–Trinajstić information content (AvgIpc) is 2.25. The van der Waals surface area contributed by atoms with E-state index in [4.69, 9.17) is 9.16 Å². The summed E-state index contributed by atoms with van der Waals surface area (Å²) in [6.45, 7) is 11.5. The number of methoxy groups -OCH3 is 1. The average molecular weight is 270 g/mol. The Bertz CT molecular complexity index is 411. The molecule has 0 saturated carbocycles. The van der Waals surface area contributed by atoms with Crippen molar-refractivity contribution in [3.63, 3.8) is 0 Å². The van der Waals surface area contributed by atoms with Gasteiger partial charge < -0.3 is 9.16 Å². The lowest BCUT2D eigenvalue weighted by Gasteiger charge is -2.36. The fraction of sp³-hybridized carbons (Fsp3) is 0.571. The summed E-state index contributed by atoms with van der Waals surface area (Å²) in [5.41, 5.74) is 0.892. The monoisotopic (exact) mass is 270 g/mol. The smallest absolute Gasteiger partial charge is 0.192 e. The molecule has 0 heterocycles. The molecule has 0 aliphatic heterocycles. The highest BCUT2D eigenvalue weighted by atomic mass is 28.4. The van der Waals surface area contributed by atoms with E-state index in [9.17, 15) is 4.39 Å². The maximum atomic E-state index is 13.1. The summed E-state index contributed by atoms with van der Waals surface area (Å²) < 4.78 is 24.4. The molecule has 1 rings (SSSR count). The number of hydrogen-bond donors (Lipinski definition) is 0. The molecule has 2 nitrogen and oxygen atoms in total. The molecule has 102 valence electrons. The molecule has 0 aromatic heterocycles. The number of ether oxygens (including phenoxy) is 1. The maximum Gasteiger partial charge on any atom is 0.192 e. The highest BCUT2D eigenvalue weighted by Gasteiger charge is 2.37. The van der Waals surface area contributed by atoms with Gasteiger partial charge in [-0.2, -0.15) is 0 Å². The van der Waals surface area contributed by atoms with Crippen LogP contribution >= 0.6 is 0 Å². The van der Waals surface area contributed by atoms with Crippen molar-refractivity contribution in [1.82, 2.24) is 0 Å². The molecule has 0 unspecified atom stereocenters. The van der Waals surface area contributed by atoms with E-state index in [2.05, 4.69) is 33.9 Å². The van der Waals surface area contributed by atoms with Gasteiger partial charge in [0.25, 0.3) is 0 Å². The first-order valence-electron chi connectivity index (χ1n) is 6.14. The molecule has 0 aliphatic rings. The molecular formula is C14H23FO2Si. The normalized spacial score (nSPS) is 12.6. The van der Waals surface area contributed by atoms with E-state index in [-0.39, 0.29) is 10.9 Å². The lowest BCUT2D eigenvalue weighted by Crippen LogP contribution is -2.40. The van der Waals surface area contributed by atoms with Crippen molar-refractivity contribution in [2.24, 2.45) is 0 Å². The van der Waals surface area contributed by atoms with Gasteiger partial charge in [-0.3, -0.25) is 0 Å². The molecule has 0 atom stereocenters. The van der Waals surface area contributed by atoms with E-state index >= 15 is 0 Å². The number of halogens is 1. The van der Waals surface area contributed by atoms with Crippen LogP contribution < -0.4 is 4.74 Å². The Morgan fingerprint density at radius 2 is 1.83 bits per heavy atom. The second-order valence-electron chi connectivity index (χ2n) is 6.01. The Kier molecular flexibility index (Phi) is 4.56. The van der Waals surface area contributed by atoms with E-state index in [0.717, 1.165) is 5.56 Å². The minimum Gasteiger partial charge on any atom is -0.496 e. The van der Waals surface area contributed by atoms with Crippen molar-refractivity contribution in [2.45, 2.75) is 45.5 Å². The standard InChI is InChI=1S/C14H23FO2Si/c1-14(2,3)18(5,6)17-10-11-7-8-12(15)9-13(11)16-4/h7-9H,10H2,1-6H3. The summed E-state index contributed by atoms with van der Waals surface area (Å²) in [6.07, 6.45) is 0. The highest BCUT2D eigenvalue weighted by Crippen LogP contribution is 2.37. The third kappa shape index (κ3) is 3.56. The van der Waals surface area contributed by atoms with Crippen LogP contribution in [0, 0.1) is 5.82 Å². The number of hydrogen-bond acceptors (Lipinski definition) is 2. The summed E-state index contributed by atoms with van der Waals surface area (Å²) in [5, 5.41) is 0.167. The predicted octanol–water partition coefficient (Wildman–Crippen LogP) is 4.36. The van der Waals surface area contributed by atoms with Crippen molar-refractivity contribution < 1.29 is 13.6 Å². The second-order valence-corrected chi connectivity index (χ2v) is 10.8. The van der Waals surface area contributed by atoms with Gasteiger partial charge in [-0.05, 0) is 24.2 Å². The zero-order valence-electron chi connectivity index (χ0n) is 12.1. The summed E-state index contributed by atoms with van der Waals surface area (Å²) in [6, 6.07) is 4.55. The summed E-state index contributed by atoms with van der Waals surface area (Å²) in [4.78, 5) is 0. The lowest BCUT2D eigenvalue weighted by molar-refractivity contribution is 0.269. The summed E-state index contributed by atoms with van der Waals surface area (Å²) in [7, 11) is -0.240. The van der Waals surface area contributed by atoms with Gasteiger partial charge in [0.1, 0.15) is 11.6 Å². The molecule has 0 spiro atoms. The summed E-state index contributed by atoms with van der Waals surface area (Å²) >= 11 is 0. The fourth-order valence-corrected chi connectivity index (χ4v) is 2.26. The van der Waals surface area contributed by atoms with E-state index in [0.29, 0.717) is 12.4 Å². The van der Waals surface area contributed by atoms with Gasteiger partial charge in [0, 0.05) is 11.6 Å². The number of rotatable bonds is 4. The zero-order valence-corrected chi connectivity index (χ0v) is 13.1. The van der Waals surface area contributed by atoms with Crippen molar-refractivity contribution in [2.75, 3.05) is 7.11 Å². The van der Waals surface area contributed by atoms with E-state index < -0.39 is 8.32 Å². The SMILES string of the molecule is COc1cc(F)ccc1CO[Si](C)(C)C(C)(C)C. The molecule has 1 aromatic rings. The van der Waals surface area contributed by atoms with Crippen molar-refractivity contribution in [1.29, 1.82) is 0 Å². The van der Waals surface area contributed by atoms with Gasteiger partial charge in [-0.15, -0.1) is 0 Å². The van der Waals surface area contributed by atoms with Gasteiger partial charge in [0.15, 0.2) is 8.32 Å². The molecule has 0 radical (unpaired) electrons. The van der Waals surface area contributed by atoms with Crippen LogP contribution in [0.2, 0.25) is 18.1 Å². The first kappa shape index (κ1) is 15.2. The van der Waals surface area contributed by atoms with Crippen LogP contribution in [-0.4, -0.2) is 15.4 Å². The zero-order chi connectivity index (χ0) is 14.0. The van der Waals surface area contributed by atoms with E-state index in [1.165, 1.54) is 12.1 Å². The topological polar surface area (TPSA) is 18.5 Å². The van der Waals surface area contributed by atoms with Gasteiger partial charge in [-0.1, -0.05) is 26.8 Å². The van der Waals surface area contributed by atoms with Crippen LogP contribution in [0.5, 0.6) is 5.75 Å². The molecule has 1 aromatic carbocycles. The van der Waals surface area contributed by atoms with E-state index in [1.54, 1.807) is 13.2 Å². The number of benzene rings is 1. The Morgan fingerprint density at radius 1 is 1.22 bits per heavy atom. The molecule has 0 saturated heterocycles. The van der Waals surface area contributed by atoms with Crippen molar-refractivity contribution >= 4 is 8.32 Å². The molecule has 0 aliphatic carbocycles. The van der Waals surface area contributed by atoms with Crippen LogP contribution in [0.15, 0.2) is 18.2 Å². The molecule has 4 heteroatoms. The maximum absolute atomic E-state index is 13.1. The third-order valence-electron chi connectivity index (χ3n) is 3.64. The van der Waals surface area contributed by atoms with Gasteiger partial charge >= 0.3 is 0 Å². The minimum atomic E-state index is -1.79. The predicted molar refractivity (Wildman–Crippen MR) is 74.9 cm³/mol. The molecule has 0 bridgehead atoms. The van der Waals surface area contributed by atoms with Crippen LogP contribution in [0.25, 0.3) is 0 Å². The fourth-order valence-electron chi connectivity index (χ4n) is 1.31. The summed E-state index contributed by atoms with van der Waals surface area (Å²) in [5.74, 6) is 0.261. The first-order chi connectivity index (χ1) is 8.17. The Morgan fingerprint density at radius 3 is 2.33 bits per heavy atom. The van der Waals surface area contributed by atoms with Crippen LogP contribution in [0.3, 0.4) is 0 Å². The van der Waals surface area contributed by atoms with E-state index in [1.807, 2.05) is 0 Å². The van der Waals surface area contributed by atoms with Gasteiger partial charge in [0.05, 0.1) is 13.7 Å². The molecular weight excluding hydrogens is 247 g/mol. The third-order valence-corrected chi connectivity index (χ3v) is 8.12. The molecule has 0 N–H and O–H groups in total. The molecule has 0 amide bonds. The Labute approximate surface area is 110 Å². The van der Waals surface area contributed by atoms with Crippen molar-refractivity contribution in [3.05, 3.63) is 29.6 Å². The van der Waals surface area contributed by atoms with Crippen LogP contribution in [-0.2, 0) is 11.0 Å². The quantitative estimate of drug-likeness (QED) is 0.757. The highest BCUT2D eigenvalue weighted by molar-refractivity contribution is 6.74. The van der Waals surface area contributed by atoms with Gasteiger partial charge in [0.2, 0.25) is 0 Å². The molecule has 0 fully saturated rings. The Balaban J connectivity index is 2.81. The van der Waals surface area contributed by atoms with Crippen LogP contribution in [0.1, 0.15) is 26.3 Å². The minimum absolute atomic E-state index is 0.167. The first-order valence-corrected chi connectivity index (χ1v) is 9.04. The molecule has 18 heavy (non-hydrogen) atoms. The van der Waals surface area contributed by atoms with Crippen LogP contribution in [0.4, 0.5) is 4.39 Å². The second kappa shape index (κ2) is 5.41.